The van der Waals surface area contributed by atoms with Crippen molar-refractivity contribution in [3.05, 3.63) is 28.8 Å². The van der Waals surface area contributed by atoms with E-state index in [1.54, 1.807) is 4.90 Å². The van der Waals surface area contributed by atoms with Crippen molar-refractivity contribution in [3.8, 4) is 0 Å². The number of carbonyl (C=O) groups excluding carboxylic acids is 1. The molecule has 1 fully saturated rings. The van der Waals surface area contributed by atoms with Crippen molar-refractivity contribution >= 4 is 15.9 Å². The molecule has 1 saturated heterocycles. The zero-order valence-corrected chi connectivity index (χ0v) is 18.0. The summed E-state index contributed by atoms with van der Waals surface area (Å²) in [6.45, 7) is 12.7. The van der Waals surface area contributed by atoms with Gasteiger partial charge in [0.05, 0.1) is 11.4 Å². The average molecular weight is 396 g/mol. The van der Waals surface area contributed by atoms with Crippen molar-refractivity contribution in [2.75, 3.05) is 39.3 Å². The fraction of sp³-hybridized carbons (Fsp3) is 0.650. The van der Waals surface area contributed by atoms with Gasteiger partial charge in [-0.1, -0.05) is 31.5 Å². The molecule has 1 heterocycles. The second kappa shape index (κ2) is 9.17. The minimum Gasteiger partial charge on any atom is -0.339 e. The number of carbonyl (C=O) groups is 1. The molecule has 0 unspecified atom stereocenters. The summed E-state index contributed by atoms with van der Waals surface area (Å²) >= 11 is 0. The minimum absolute atomic E-state index is 0.0954. The zero-order valence-electron chi connectivity index (χ0n) is 17.2. The molecule has 0 radical (unpaired) electrons. The van der Waals surface area contributed by atoms with Gasteiger partial charge in [-0.05, 0) is 44.2 Å². The maximum atomic E-state index is 13.5. The number of nitrogens with one attached hydrogen (secondary N) is 1. The molecule has 152 valence electrons. The lowest BCUT2D eigenvalue weighted by atomic mass is 10.1. The largest absolute Gasteiger partial charge is 0.339 e. The summed E-state index contributed by atoms with van der Waals surface area (Å²) in [6, 6.07) is 3.78. The van der Waals surface area contributed by atoms with Crippen LogP contribution >= 0.6 is 0 Å². The number of aryl methyl sites for hydroxylation is 3. The second-order valence-electron chi connectivity index (χ2n) is 7.88. The van der Waals surface area contributed by atoms with Crippen LogP contribution in [0.4, 0.5) is 0 Å². The lowest BCUT2D eigenvalue weighted by Gasteiger charge is -2.31. The van der Waals surface area contributed by atoms with Gasteiger partial charge in [-0.3, -0.25) is 4.79 Å². The molecule has 1 aromatic carbocycles. The molecule has 0 aliphatic carbocycles. The fourth-order valence-corrected chi connectivity index (χ4v) is 5.37. The molecular formula is C20H33N3O3S. The lowest BCUT2D eigenvalue weighted by Crippen LogP contribution is -2.50. The van der Waals surface area contributed by atoms with Crippen LogP contribution in [0.3, 0.4) is 0 Å². The van der Waals surface area contributed by atoms with Crippen molar-refractivity contribution in [1.29, 1.82) is 0 Å². The Morgan fingerprint density at radius 1 is 1.15 bits per heavy atom. The standard InChI is InChI=1S/C20H33N3O3S/c1-15(2)6-9-23(14-19(24)22-10-7-21-8-11-22)27(25,26)20-17(4)12-16(3)13-18(20)5/h12-13,15,21H,6-11,14H2,1-5H3. The third kappa shape index (κ3) is 5.53. The Morgan fingerprint density at radius 2 is 1.70 bits per heavy atom. The molecule has 0 atom stereocenters. The Labute approximate surface area is 164 Å². The predicted molar refractivity (Wildman–Crippen MR) is 108 cm³/mol. The van der Waals surface area contributed by atoms with Gasteiger partial charge >= 0.3 is 0 Å². The molecule has 2 rings (SSSR count). The van der Waals surface area contributed by atoms with E-state index in [1.165, 1.54) is 4.31 Å². The maximum Gasteiger partial charge on any atom is 0.244 e. The van der Waals surface area contributed by atoms with E-state index < -0.39 is 10.0 Å². The first-order valence-corrected chi connectivity index (χ1v) is 11.1. The lowest BCUT2D eigenvalue weighted by molar-refractivity contribution is -0.132. The summed E-state index contributed by atoms with van der Waals surface area (Å²) < 4.78 is 28.3. The molecule has 0 bridgehead atoms. The summed E-state index contributed by atoms with van der Waals surface area (Å²) in [6.07, 6.45) is 0.720. The maximum absolute atomic E-state index is 13.5. The molecule has 1 N–H and O–H groups in total. The Morgan fingerprint density at radius 3 is 2.22 bits per heavy atom. The number of hydrogen-bond donors (Lipinski definition) is 1. The Kier molecular flexibility index (Phi) is 7.42. The first kappa shape index (κ1) is 21.9. The van der Waals surface area contributed by atoms with Gasteiger partial charge < -0.3 is 10.2 Å². The molecule has 0 aromatic heterocycles. The van der Waals surface area contributed by atoms with E-state index in [4.69, 9.17) is 0 Å². The molecule has 7 heteroatoms. The molecule has 0 saturated carbocycles. The molecule has 6 nitrogen and oxygen atoms in total. The van der Waals surface area contributed by atoms with Gasteiger partial charge in [0.15, 0.2) is 0 Å². The van der Waals surface area contributed by atoms with E-state index in [-0.39, 0.29) is 12.5 Å². The summed E-state index contributed by atoms with van der Waals surface area (Å²) in [4.78, 5) is 14.8. The molecular weight excluding hydrogens is 362 g/mol. The topological polar surface area (TPSA) is 69.7 Å². The highest BCUT2D eigenvalue weighted by molar-refractivity contribution is 7.89. The molecule has 1 amide bonds. The molecule has 27 heavy (non-hydrogen) atoms. The number of amides is 1. The number of rotatable bonds is 7. The number of benzene rings is 1. The third-order valence-electron chi connectivity index (χ3n) is 4.94. The molecule has 1 aliphatic heterocycles. The minimum atomic E-state index is -3.74. The van der Waals surface area contributed by atoms with Crippen LogP contribution in [0.25, 0.3) is 0 Å². The highest BCUT2D eigenvalue weighted by Crippen LogP contribution is 2.26. The van der Waals surface area contributed by atoms with Crippen LogP contribution in [-0.2, 0) is 14.8 Å². The van der Waals surface area contributed by atoms with E-state index in [1.807, 2.05) is 32.9 Å². The number of piperazine rings is 1. The van der Waals surface area contributed by atoms with Crippen LogP contribution in [0.2, 0.25) is 0 Å². The van der Waals surface area contributed by atoms with Crippen LogP contribution < -0.4 is 5.32 Å². The summed E-state index contributed by atoms with van der Waals surface area (Å²) in [5, 5.41) is 3.21. The van der Waals surface area contributed by atoms with Crippen LogP contribution in [0, 0.1) is 26.7 Å². The monoisotopic (exact) mass is 395 g/mol. The van der Waals surface area contributed by atoms with E-state index >= 15 is 0 Å². The van der Waals surface area contributed by atoms with Gasteiger partial charge in [-0.15, -0.1) is 0 Å². The van der Waals surface area contributed by atoms with Gasteiger partial charge in [0.25, 0.3) is 0 Å². The van der Waals surface area contributed by atoms with Gasteiger partial charge in [0.1, 0.15) is 0 Å². The average Bonchev–Trinajstić information content (AvgIpc) is 2.57. The number of sulfonamides is 1. The second-order valence-corrected chi connectivity index (χ2v) is 9.75. The van der Waals surface area contributed by atoms with Gasteiger partial charge in [-0.25, -0.2) is 8.42 Å². The van der Waals surface area contributed by atoms with Gasteiger partial charge in [-0.2, -0.15) is 4.31 Å². The van der Waals surface area contributed by atoms with E-state index in [0.717, 1.165) is 36.2 Å². The summed E-state index contributed by atoms with van der Waals surface area (Å²) in [7, 11) is -3.74. The quantitative estimate of drug-likeness (QED) is 0.767. The fourth-order valence-electron chi connectivity index (χ4n) is 3.55. The van der Waals surface area contributed by atoms with E-state index in [0.29, 0.717) is 30.4 Å². The highest BCUT2D eigenvalue weighted by Gasteiger charge is 2.31. The van der Waals surface area contributed by atoms with Crippen LogP contribution in [0.5, 0.6) is 0 Å². The third-order valence-corrected chi connectivity index (χ3v) is 7.09. The number of hydrogen-bond acceptors (Lipinski definition) is 4. The Bertz CT molecular complexity index is 746. The van der Waals surface area contributed by atoms with E-state index in [9.17, 15) is 13.2 Å². The van der Waals surface area contributed by atoms with Gasteiger partial charge in [0, 0.05) is 32.7 Å². The smallest absolute Gasteiger partial charge is 0.244 e. The van der Waals surface area contributed by atoms with Crippen molar-refractivity contribution in [3.63, 3.8) is 0 Å². The van der Waals surface area contributed by atoms with E-state index in [2.05, 4.69) is 19.2 Å². The van der Waals surface area contributed by atoms with Crippen molar-refractivity contribution in [2.45, 2.75) is 45.9 Å². The van der Waals surface area contributed by atoms with Crippen molar-refractivity contribution < 1.29 is 13.2 Å². The van der Waals surface area contributed by atoms with Crippen molar-refractivity contribution in [1.82, 2.24) is 14.5 Å². The molecule has 1 aromatic rings. The van der Waals surface area contributed by atoms with Crippen LogP contribution in [0.1, 0.15) is 37.0 Å². The first-order valence-electron chi connectivity index (χ1n) is 9.69. The summed E-state index contributed by atoms with van der Waals surface area (Å²) in [5.74, 6) is 0.239. The Balaban J connectivity index is 2.32. The summed E-state index contributed by atoms with van der Waals surface area (Å²) in [5.41, 5.74) is 2.50. The van der Waals surface area contributed by atoms with Gasteiger partial charge in [0.2, 0.25) is 15.9 Å². The number of nitrogens with zero attached hydrogens (tertiary/aromatic N) is 2. The normalized spacial score (nSPS) is 15.6. The first-order chi connectivity index (χ1) is 12.6. The zero-order chi connectivity index (χ0) is 20.2. The van der Waals surface area contributed by atoms with Crippen LogP contribution in [0.15, 0.2) is 17.0 Å². The molecule has 0 spiro atoms. The SMILES string of the molecule is Cc1cc(C)c(S(=O)(=O)N(CCC(C)C)CC(=O)N2CCNCC2)c(C)c1. The van der Waals surface area contributed by atoms with Crippen LogP contribution in [-0.4, -0.2) is 62.8 Å². The highest BCUT2D eigenvalue weighted by atomic mass is 32.2. The molecule has 1 aliphatic rings. The van der Waals surface area contributed by atoms with Crippen molar-refractivity contribution in [2.24, 2.45) is 5.92 Å². The predicted octanol–water partition coefficient (Wildman–Crippen LogP) is 2.08. The Hall–Kier alpha value is -1.44.